The number of fused-ring (bicyclic) bond motifs is 1. The molecule has 0 N–H and O–H groups in total. The smallest absolute Gasteiger partial charge is 0.348 e. The first-order chi connectivity index (χ1) is 11.0. The molecule has 0 saturated carbocycles. The number of methoxy groups -OCH3 is 1. The molecule has 0 fully saturated rings. The third-order valence-electron chi connectivity index (χ3n) is 3.74. The van der Waals surface area contributed by atoms with Gasteiger partial charge in [-0.25, -0.2) is 14.2 Å². The highest BCUT2D eigenvalue weighted by atomic mass is 35.5. The fourth-order valence-corrected chi connectivity index (χ4v) is 2.62. The van der Waals surface area contributed by atoms with Crippen LogP contribution in [0.2, 0.25) is 5.15 Å². The summed E-state index contributed by atoms with van der Waals surface area (Å²) in [6.45, 7) is 0.675. The molecular weight excluding hydrogens is 325 g/mol. The Labute approximate surface area is 137 Å². The molecule has 1 unspecified atom stereocenters. The van der Waals surface area contributed by atoms with E-state index in [1.165, 1.54) is 19.2 Å². The van der Waals surface area contributed by atoms with E-state index in [9.17, 15) is 9.18 Å². The molecule has 0 radical (unpaired) electrons. The van der Waals surface area contributed by atoms with E-state index in [1.54, 1.807) is 23.9 Å². The summed E-state index contributed by atoms with van der Waals surface area (Å²) in [5, 5.41) is 0.511. The van der Waals surface area contributed by atoms with Crippen LogP contribution in [0.1, 0.15) is 5.82 Å². The van der Waals surface area contributed by atoms with Crippen molar-refractivity contribution >= 4 is 23.3 Å². The molecule has 122 valence electrons. The Morgan fingerprint density at radius 3 is 3.00 bits per heavy atom. The minimum atomic E-state index is -0.829. The summed E-state index contributed by atoms with van der Waals surface area (Å²) in [5.41, 5.74) is 0.686. The van der Waals surface area contributed by atoms with Gasteiger partial charge in [-0.3, -0.25) is 0 Å². The first-order valence-corrected chi connectivity index (χ1v) is 7.32. The molecule has 3 rings (SSSR count). The zero-order chi connectivity index (χ0) is 16.6. The molecule has 2 aromatic rings. The summed E-state index contributed by atoms with van der Waals surface area (Å²) in [6, 6.07) is 4.21. The van der Waals surface area contributed by atoms with Crippen molar-refractivity contribution < 1.29 is 18.7 Å². The van der Waals surface area contributed by atoms with Gasteiger partial charge in [0.15, 0.2) is 0 Å². The molecule has 0 aliphatic carbocycles. The quantitative estimate of drug-likeness (QED) is 0.802. The summed E-state index contributed by atoms with van der Waals surface area (Å²) >= 11 is 6.00. The number of halogens is 2. The number of carbonyl (C=O) groups is 1. The molecular formula is C15H15ClFN3O3. The molecule has 2 heterocycles. The van der Waals surface area contributed by atoms with Crippen LogP contribution in [0.3, 0.4) is 0 Å². The van der Waals surface area contributed by atoms with Gasteiger partial charge in [-0.05, 0) is 12.1 Å². The van der Waals surface area contributed by atoms with Crippen molar-refractivity contribution in [2.24, 2.45) is 7.05 Å². The van der Waals surface area contributed by atoms with Crippen molar-refractivity contribution in [3.05, 3.63) is 41.2 Å². The summed E-state index contributed by atoms with van der Waals surface area (Å²) in [5.74, 6) is 0.0692. The lowest BCUT2D eigenvalue weighted by Crippen LogP contribution is -2.45. The first-order valence-electron chi connectivity index (χ1n) is 6.94. The summed E-state index contributed by atoms with van der Waals surface area (Å²) in [7, 11) is 3.09. The van der Waals surface area contributed by atoms with E-state index in [2.05, 4.69) is 4.98 Å². The predicted molar refractivity (Wildman–Crippen MR) is 82.1 cm³/mol. The van der Waals surface area contributed by atoms with Gasteiger partial charge >= 0.3 is 5.97 Å². The largest absolute Gasteiger partial charge is 0.475 e. The average Bonchev–Trinajstić information content (AvgIpc) is 2.85. The van der Waals surface area contributed by atoms with Gasteiger partial charge < -0.3 is 18.9 Å². The van der Waals surface area contributed by atoms with E-state index < -0.39 is 17.9 Å². The van der Waals surface area contributed by atoms with Crippen molar-refractivity contribution in [2.45, 2.75) is 12.6 Å². The van der Waals surface area contributed by atoms with Crippen LogP contribution in [0.15, 0.2) is 24.4 Å². The van der Waals surface area contributed by atoms with Gasteiger partial charge in [0.1, 0.15) is 22.5 Å². The lowest BCUT2D eigenvalue weighted by molar-refractivity contribution is -0.148. The van der Waals surface area contributed by atoms with E-state index in [0.29, 0.717) is 23.1 Å². The Morgan fingerprint density at radius 2 is 2.35 bits per heavy atom. The van der Waals surface area contributed by atoms with Crippen LogP contribution >= 0.6 is 11.6 Å². The Hall–Kier alpha value is -2.28. The summed E-state index contributed by atoms with van der Waals surface area (Å²) in [4.78, 5) is 18.0. The topological polar surface area (TPSA) is 56.6 Å². The number of imidazole rings is 1. The molecule has 1 aromatic carbocycles. The maximum atomic E-state index is 13.5. The van der Waals surface area contributed by atoms with Gasteiger partial charge in [0, 0.05) is 13.1 Å². The second-order valence-corrected chi connectivity index (χ2v) is 5.57. The molecule has 1 aromatic heterocycles. The highest BCUT2D eigenvalue weighted by Gasteiger charge is 2.32. The minimum absolute atomic E-state index is 0.274. The maximum Gasteiger partial charge on any atom is 0.348 e. The Balaban J connectivity index is 1.94. The van der Waals surface area contributed by atoms with E-state index in [1.807, 2.05) is 4.90 Å². The number of hydrogen-bond acceptors (Lipinski definition) is 5. The fraction of sp³-hybridized carbons (Fsp3) is 0.333. The zero-order valence-electron chi connectivity index (χ0n) is 12.6. The second-order valence-electron chi connectivity index (χ2n) is 5.18. The SMILES string of the molecule is COC(=O)C1CN(Cc2ncc(Cl)n2C)c2ccc(F)cc2O1. The third kappa shape index (κ3) is 2.96. The van der Waals surface area contributed by atoms with Crippen LogP contribution in [-0.4, -0.2) is 35.3 Å². The van der Waals surface area contributed by atoms with Crippen LogP contribution in [0.25, 0.3) is 0 Å². The monoisotopic (exact) mass is 339 g/mol. The lowest BCUT2D eigenvalue weighted by atomic mass is 10.2. The number of rotatable bonds is 3. The van der Waals surface area contributed by atoms with Crippen molar-refractivity contribution in [3.8, 4) is 5.75 Å². The standard InChI is InChI=1S/C15H15ClFN3O3/c1-19-13(16)6-18-14(19)8-20-7-12(15(21)22-2)23-11-5-9(17)3-4-10(11)20/h3-6,12H,7-8H2,1-2H3. The molecule has 1 aliphatic rings. The number of esters is 1. The van der Waals surface area contributed by atoms with Crippen molar-refractivity contribution in [1.29, 1.82) is 0 Å². The molecule has 1 aliphatic heterocycles. The van der Waals surface area contributed by atoms with Gasteiger partial charge in [-0.1, -0.05) is 11.6 Å². The zero-order valence-corrected chi connectivity index (χ0v) is 13.4. The molecule has 0 spiro atoms. The molecule has 0 saturated heterocycles. The number of nitrogens with zero attached hydrogens (tertiary/aromatic N) is 3. The summed E-state index contributed by atoms with van der Waals surface area (Å²) in [6.07, 6.45) is 0.728. The van der Waals surface area contributed by atoms with E-state index in [4.69, 9.17) is 21.1 Å². The van der Waals surface area contributed by atoms with Gasteiger partial charge in [-0.2, -0.15) is 0 Å². The average molecular weight is 340 g/mol. The molecule has 0 amide bonds. The Morgan fingerprint density at radius 1 is 1.57 bits per heavy atom. The minimum Gasteiger partial charge on any atom is -0.475 e. The van der Waals surface area contributed by atoms with Gasteiger partial charge in [-0.15, -0.1) is 0 Å². The van der Waals surface area contributed by atoms with Crippen LogP contribution in [0.4, 0.5) is 10.1 Å². The molecule has 1 atom stereocenters. The Bertz CT molecular complexity index is 750. The van der Waals surface area contributed by atoms with E-state index >= 15 is 0 Å². The van der Waals surface area contributed by atoms with Crippen LogP contribution < -0.4 is 9.64 Å². The number of hydrogen-bond donors (Lipinski definition) is 0. The van der Waals surface area contributed by atoms with Crippen LogP contribution in [0, 0.1) is 5.82 Å². The highest BCUT2D eigenvalue weighted by molar-refractivity contribution is 6.29. The Kier molecular flexibility index (Phi) is 4.12. The lowest BCUT2D eigenvalue weighted by Gasteiger charge is -2.34. The van der Waals surface area contributed by atoms with Gasteiger partial charge in [0.05, 0.1) is 32.1 Å². The van der Waals surface area contributed by atoms with E-state index in [0.717, 1.165) is 5.82 Å². The van der Waals surface area contributed by atoms with Crippen LogP contribution in [-0.2, 0) is 23.1 Å². The number of aromatic nitrogens is 2. The van der Waals surface area contributed by atoms with Crippen LogP contribution in [0.5, 0.6) is 5.75 Å². The van der Waals surface area contributed by atoms with Gasteiger partial charge in [0.25, 0.3) is 0 Å². The normalized spacial score (nSPS) is 16.7. The highest BCUT2D eigenvalue weighted by Crippen LogP contribution is 2.35. The fourth-order valence-electron chi connectivity index (χ4n) is 2.48. The third-order valence-corrected chi connectivity index (χ3v) is 4.09. The van der Waals surface area contributed by atoms with Crippen molar-refractivity contribution in [1.82, 2.24) is 9.55 Å². The number of benzene rings is 1. The summed E-state index contributed by atoms with van der Waals surface area (Å²) < 4.78 is 25.5. The molecule has 0 bridgehead atoms. The maximum absolute atomic E-state index is 13.5. The predicted octanol–water partition coefficient (Wildman–Crippen LogP) is 2.15. The number of anilines is 1. The van der Waals surface area contributed by atoms with Crippen molar-refractivity contribution in [3.63, 3.8) is 0 Å². The van der Waals surface area contributed by atoms with Crippen molar-refractivity contribution in [2.75, 3.05) is 18.6 Å². The second kappa shape index (κ2) is 6.08. The molecule has 6 nitrogen and oxygen atoms in total. The molecule has 23 heavy (non-hydrogen) atoms. The number of carbonyl (C=O) groups excluding carboxylic acids is 1. The first kappa shape index (κ1) is 15.6. The molecule has 8 heteroatoms. The van der Waals surface area contributed by atoms with E-state index in [-0.39, 0.29) is 6.54 Å². The van der Waals surface area contributed by atoms with Gasteiger partial charge in [0.2, 0.25) is 6.10 Å². The number of ether oxygens (including phenoxy) is 2.